The Labute approximate surface area is 101 Å². The van der Waals surface area contributed by atoms with Crippen molar-refractivity contribution in [2.75, 3.05) is 13.7 Å². The fraction of sp³-hybridized carbons (Fsp3) is 0.500. The molecular formula is C12H18ClNO2. The van der Waals surface area contributed by atoms with E-state index in [9.17, 15) is 0 Å². The number of benzene rings is 1. The van der Waals surface area contributed by atoms with Gasteiger partial charge in [0.05, 0.1) is 11.6 Å². The Bertz CT molecular complexity index is 342. The Morgan fingerprint density at radius 2 is 2.06 bits per heavy atom. The normalized spacial score (nSPS) is 14.6. The largest absolute Gasteiger partial charge is 0.487 e. The molecule has 0 saturated carbocycles. The van der Waals surface area contributed by atoms with Gasteiger partial charge in [0.1, 0.15) is 11.9 Å². The van der Waals surface area contributed by atoms with E-state index in [1.54, 1.807) is 7.11 Å². The molecule has 0 heterocycles. The van der Waals surface area contributed by atoms with Gasteiger partial charge in [-0.2, -0.15) is 0 Å². The van der Waals surface area contributed by atoms with E-state index in [0.717, 1.165) is 5.56 Å². The Morgan fingerprint density at radius 1 is 1.38 bits per heavy atom. The SMILES string of the molecule is COCC(C)Oc1ccc([C@H](C)N)cc1Cl. The molecule has 4 heteroatoms. The average molecular weight is 244 g/mol. The zero-order valence-corrected chi connectivity index (χ0v) is 10.6. The van der Waals surface area contributed by atoms with Crippen LogP contribution in [0.1, 0.15) is 25.5 Å². The van der Waals surface area contributed by atoms with Crippen LogP contribution in [0.25, 0.3) is 0 Å². The van der Waals surface area contributed by atoms with Gasteiger partial charge in [0.2, 0.25) is 0 Å². The maximum Gasteiger partial charge on any atom is 0.138 e. The first-order valence-electron chi connectivity index (χ1n) is 5.25. The number of halogens is 1. The Hall–Kier alpha value is -0.770. The molecule has 90 valence electrons. The molecule has 0 aliphatic heterocycles. The molecule has 2 atom stereocenters. The molecule has 2 N–H and O–H groups in total. The lowest BCUT2D eigenvalue weighted by molar-refractivity contribution is 0.0921. The van der Waals surface area contributed by atoms with Gasteiger partial charge >= 0.3 is 0 Å². The van der Waals surface area contributed by atoms with E-state index in [4.69, 9.17) is 26.8 Å². The van der Waals surface area contributed by atoms with E-state index < -0.39 is 0 Å². The topological polar surface area (TPSA) is 44.5 Å². The minimum Gasteiger partial charge on any atom is -0.487 e. The molecule has 1 unspecified atom stereocenters. The minimum atomic E-state index is -0.0250. The van der Waals surface area contributed by atoms with Gasteiger partial charge in [-0.25, -0.2) is 0 Å². The van der Waals surface area contributed by atoms with E-state index in [1.165, 1.54) is 0 Å². The van der Waals surface area contributed by atoms with E-state index in [1.807, 2.05) is 32.0 Å². The summed E-state index contributed by atoms with van der Waals surface area (Å²) in [7, 11) is 1.64. The molecule has 0 bridgehead atoms. The number of nitrogens with two attached hydrogens (primary N) is 1. The van der Waals surface area contributed by atoms with Gasteiger partial charge in [0.25, 0.3) is 0 Å². The van der Waals surface area contributed by atoms with E-state index in [2.05, 4.69) is 0 Å². The van der Waals surface area contributed by atoms with Crippen LogP contribution in [0.5, 0.6) is 5.75 Å². The molecule has 16 heavy (non-hydrogen) atoms. The molecule has 0 aliphatic rings. The zero-order valence-electron chi connectivity index (χ0n) is 9.87. The molecule has 0 amide bonds. The quantitative estimate of drug-likeness (QED) is 0.865. The smallest absolute Gasteiger partial charge is 0.138 e. The van der Waals surface area contributed by atoms with E-state index in [-0.39, 0.29) is 12.1 Å². The number of hydrogen-bond donors (Lipinski definition) is 1. The van der Waals surface area contributed by atoms with Gasteiger partial charge in [-0.3, -0.25) is 0 Å². The molecule has 1 aromatic rings. The van der Waals surface area contributed by atoms with Crippen molar-refractivity contribution < 1.29 is 9.47 Å². The van der Waals surface area contributed by atoms with E-state index in [0.29, 0.717) is 17.4 Å². The lowest BCUT2D eigenvalue weighted by Gasteiger charge is -2.16. The zero-order chi connectivity index (χ0) is 12.1. The Balaban J connectivity index is 2.75. The predicted octanol–water partition coefficient (Wildman–Crippen LogP) is 2.77. The average Bonchev–Trinajstić information content (AvgIpc) is 2.21. The van der Waals surface area contributed by atoms with Crippen LogP contribution in [0.4, 0.5) is 0 Å². The third kappa shape index (κ3) is 3.67. The summed E-state index contributed by atoms with van der Waals surface area (Å²) in [5, 5.41) is 0.581. The summed E-state index contributed by atoms with van der Waals surface area (Å²) in [6.07, 6.45) is -0.0244. The summed E-state index contributed by atoms with van der Waals surface area (Å²) in [6.45, 7) is 4.38. The Kier molecular flexibility index (Phi) is 5.06. The van der Waals surface area contributed by atoms with Crippen molar-refractivity contribution in [3.63, 3.8) is 0 Å². The lowest BCUT2D eigenvalue weighted by atomic mass is 10.1. The summed E-state index contributed by atoms with van der Waals surface area (Å²) in [5.74, 6) is 0.663. The molecule has 0 radical (unpaired) electrons. The van der Waals surface area contributed by atoms with Crippen LogP contribution in [-0.4, -0.2) is 19.8 Å². The van der Waals surface area contributed by atoms with Crippen LogP contribution in [0.2, 0.25) is 5.02 Å². The van der Waals surface area contributed by atoms with Crippen LogP contribution in [0.3, 0.4) is 0 Å². The van der Waals surface area contributed by atoms with Crippen molar-refractivity contribution in [1.82, 2.24) is 0 Å². The van der Waals surface area contributed by atoms with Gasteiger partial charge in [-0.15, -0.1) is 0 Å². The highest BCUT2D eigenvalue weighted by molar-refractivity contribution is 6.32. The molecule has 0 fully saturated rings. The van der Waals surface area contributed by atoms with Crippen molar-refractivity contribution in [2.24, 2.45) is 5.73 Å². The third-order valence-electron chi connectivity index (χ3n) is 2.21. The molecule has 3 nitrogen and oxygen atoms in total. The fourth-order valence-electron chi connectivity index (χ4n) is 1.38. The molecule has 0 spiro atoms. The number of hydrogen-bond acceptors (Lipinski definition) is 3. The summed E-state index contributed by atoms with van der Waals surface area (Å²) in [4.78, 5) is 0. The summed E-state index contributed by atoms with van der Waals surface area (Å²) < 4.78 is 10.6. The predicted molar refractivity (Wildman–Crippen MR) is 66.0 cm³/mol. The third-order valence-corrected chi connectivity index (χ3v) is 2.51. The monoisotopic (exact) mass is 243 g/mol. The maximum atomic E-state index is 6.10. The summed E-state index contributed by atoms with van der Waals surface area (Å²) in [6, 6.07) is 5.57. The maximum absolute atomic E-state index is 6.10. The lowest BCUT2D eigenvalue weighted by Crippen LogP contribution is -2.18. The highest BCUT2D eigenvalue weighted by Crippen LogP contribution is 2.28. The summed E-state index contributed by atoms with van der Waals surface area (Å²) >= 11 is 6.10. The molecule has 0 aromatic heterocycles. The van der Waals surface area contributed by atoms with Gasteiger partial charge in [0, 0.05) is 13.2 Å². The van der Waals surface area contributed by atoms with Gasteiger partial charge in [-0.1, -0.05) is 17.7 Å². The van der Waals surface area contributed by atoms with Crippen molar-refractivity contribution in [3.05, 3.63) is 28.8 Å². The first-order chi connectivity index (χ1) is 7.54. The molecule has 1 aromatic carbocycles. The second-order valence-corrected chi connectivity index (χ2v) is 4.27. The molecule has 0 aliphatic carbocycles. The van der Waals surface area contributed by atoms with Crippen LogP contribution >= 0.6 is 11.6 Å². The molecular weight excluding hydrogens is 226 g/mol. The minimum absolute atomic E-state index is 0.0244. The van der Waals surface area contributed by atoms with Crippen LogP contribution in [0, 0.1) is 0 Å². The Morgan fingerprint density at radius 3 is 2.56 bits per heavy atom. The summed E-state index contributed by atoms with van der Waals surface area (Å²) in [5.41, 5.74) is 6.76. The van der Waals surface area contributed by atoms with Gasteiger partial charge < -0.3 is 15.2 Å². The van der Waals surface area contributed by atoms with Crippen LogP contribution < -0.4 is 10.5 Å². The van der Waals surface area contributed by atoms with Crippen molar-refractivity contribution in [1.29, 1.82) is 0 Å². The standard InChI is InChI=1S/C12H18ClNO2/c1-8(7-15-3)16-12-5-4-10(9(2)14)6-11(12)13/h4-6,8-9H,7,14H2,1-3H3/t8?,9-/m0/s1. The van der Waals surface area contributed by atoms with Crippen LogP contribution in [-0.2, 0) is 4.74 Å². The first kappa shape index (κ1) is 13.3. The first-order valence-corrected chi connectivity index (χ1v) is 5.63. The molecule has 0 saturated heterocycles. The van der Waals surface area contributed by atoms with Gasteiger partial charge in [0.15, 0.2) is 0 Å². The van der Waals surface area contributed by atoms with Crippen molar-refractivity contribution >= 4 is 11.6 Å². The van der Waals surface area contributed by atoms with E-state index >= 15 is 0 Å². The second kappa shape index (κ2) is 6.09. The number of rotatable bonds is 5. The van der Waals surface area contributed by atoms with Gasteiger partial charge in [-0.05, 0) is 31.5 Å². The highest BCUT2D eigenvalue weighted by atomic mass is 35.5. The fourth-order valence-corrected chi connectivity index (χ4v) is 1.61. The molecule has 1 rings (SSSR count). The van der Waals surface area contributed by atoms with Crippen molar-refractivity contribution in [3.8, 4) is 5.75 Å². The number of ether oxygens (including phenoxy) is 2. The van der Waals surface area contributed by atoms with Crippen molar-refractivity contribution in [2.45, 2.75) is 26.0 Å². The van der Waals surface area contributed by atoms with Crippen LogP contribution in [0.15, 0.2) is 18.2 Å². The highest BCUT2D eigenvalue weighted by Gasteiger charge is 2.09. The number of methoxy groups -OCH3 is 1. The second-order valence-electron chi connectivity index (χ2n) is 3.86.